The lowest BCUT2D eigenvalue weighted by Crippen LogP contribution is -2.29. The molecular formula is C17H17N7O2. The van der Waals surface area contributed by atoms with Crippen LogP contribution in [0.5, 0.6) is 0 Å². The van der Waals surface area contributed by atoms with Crippen LogP contribution in [-0.4, -0.2) is 24.5 Å². The van der Waals surface area contributed by atoms with E-state index in [4.69, 9.17) is 0 Å². The molecular weight excluding hydrogens is 334 g/mol. The van der Waals surface area contributed by atoms with E-state index in [1.807, 2.05) is 0 Å². The number of hydrogen-bond donors (Lipinski definition) is 3. The standard InChI is InChI=1S/C17H17N7O2/c18-8-10-4-1-2-6-13(10)24-14-12(22-17(24)26)9-20-16(23-14)21-11-5-3-7-19-15(11)25/h3,5,7,9-10,13H,1-2,4,6H2,(H,19,25)(H,22,26)(H,20,21,23)/t10-,13+/m0/s1. The Hall–Kier alpha value is -3.41. The van der Waals surface area contributed by atoms with E-state index in [1.165, 1.54) is 12.4 Å². The molecule has 3 N–H and O–H groups in total. The molecule has 26 heavy (non-hydrogen) atoms. The minimum absolute atomic E-state index is 0.210. The SMILES string of the molecule is N#C[C@@H]1CCCC[C@H]1n1c(=O)[nH]c2cnc(Nc3ccc[nH]c3=O)nc21. The van der Waals surface area contributed by atoms with Crippen molar-refractivity contribution in [2.45, 2.75) is 31.7 Å². The molecule has 0 amide bonds. The molecule has 0 saturated heterocycles. The van der Waals surface area contributed by atoms with E-state index in [-0.39, 0.29) is 29.2 Å². The summed E-state index contributed by atoms with van der Waals surface area (Å²) in [5.41, 5.74) is 0.663. The maximum absolute atomic E-state index is 12.5. The summed E-state index contributed by atoms with van der Waals surface area (Å²) in [6, 6.07) is 5.41. The number of nitriles is 1. The molecule has 9 nitrogen and oxygen atoms in total. The summed E-state index contributed by atoms with van der Waals surface area (Å²) in [7, 11) is 0. The summed E-state index contributed by atoms with van der Waals surface area (Å²) >= 11 is 0. The van der Waals surface area contributed by atoms with Crippen LogP contribution < -0.4 is 16.6 Å². The fourth-order valence-electron chi connectivity index (χ4n) is 3.50. The van der Waals surface area contributed by atoms with Crippen molar-refractivity contribution in [2.24, 2.45) is 5.92 Å². The largest absolute Gasteiger partial charge is 0.328 e. The van der Waals surface area contributed by atoms with Crippen molar-refractivity contribution in [3.05, 3.63) is 45.4 Å². The van der Waals surface area contributed by atoms with Crippen LogP contribution in [0, 0.1) is 17.2 Å². The van der Waals surface area contributed by atoms with Gasteiger partial charge in [0.2, 0.25) is 5.95 Å². The Morgan fingerprint density at radius 3 is 2.96 bits per heavy atom. The molecule has 1 saturated carbocycles. The second-order valence-electron chi connectivity index (χ2n) is 6.36. The lowest BCUT2D eigenvalue weighted by molar-refractivity contribution is 0.289. The van der Waals surface area contributed by atoms with E-state index in [0.717, 1.165) is 25.7 Å². The quantitative estimate of drug-likeness (QED) is 0.659. The van der Waals surface area contributed by atoms with Crippen molar-refractivity contribution in [3.63, 3.8) is 0 Å². The molecule has 0 aliphatic heterocycles. The first-order valence-electron chi connectivity index (χ1n) is 8.49. The van der Waals surface area contributed by atoms with Gasteiger partial charge in [0.05, 0.1) is 24.2 Å². The molecule has 2 atom stereocenters. The maximum Gasteiger partial charge on any atom is 0.328 e. The van der Waals surface area contributed by atoms with Crippen molar-refractivity contribution in [3.8, 4) is 6.07 Å². The van der Waals surface area contributed by atoms with Crippen LogP contribution in [0.1, 0.15) is 31.7 Å². The number of hydrogen-bond acceptors (Lipinski definition) is 6. The molecule has 0 aromatic carbocycles. The highest BCUT2D eigenvalue weighted by Crippen LogP contribution is 2.34. The first-order chi connectivity index (χ1) is 12.7. The van der Waals surface area contributed by atoms with Crippen LogP contribution in [0.4, 0.5) is 11.6 Å². The third-order valence-corrected chi connectivity index (χ3v) is 4.75. The number of imidazole rings is 1. The lowest BCUT2D eigenvalue weighted by atomic mass is 9.85. The topological polar surface area (TPSA) is 132 Å². The van der Waals surface area contributed by atoms with Crippen molar-refractivity contribution in [2.75, 3.05) is 5.32 Å². The lowest BCUT2D eigenvalue weighted by Gasteiger charge is -2.27. The van der Waals surface area contributed by atoms with Crippen molar-refractivity contribution in [1.82, 2.24) is 24.5 Å². The van der Waals surface area contributed by atoms with Gasteiger partial charge in [-0.05, 0) is 25.0 Å². The van der Waals surface area contributed by atoms with Gasteiger partial charge in [-0.1, -0.05) is 12.8 Å². The van der Waals surface area contributed by atoms with Gasteiger partial charge in [0.25, 0.3) is 5.56 Å². The van der Waals surface area contributed by atoms with Gasteiger partial charge in [-0.3, -0.25) is 9.36 Å². The zero-order valence-corrected chi connectivity index (χ0v) is 13.9. The van der Waals surface area contributed by atoms with Crippen molar-refractivity contribution >= 4 is 22.8 Å². The Labute approximate surface area is 147 Å². The molecule has 0 radical (unpaired) electrons. The molecule has 1 aliphatic carbocycles. The highest BCUT2D eigenvalue weighted by Gasteiger charge is 2.29. The molecule has 4 rings (SSSR count). The Bertz CT molecular complexity index is 1100. The first-order valence-corrected chi connectivity index (χ1v) is 8.49. The van der Waals surface area contributed by atoms with Gasteiger partial charge in [-0.25, -0.2) is 9.78 Å². The van der Waals surface area contributed by atoms with E-state index < -0.39 is 0 Å². The van der Waals surface area contributed by atoms with E-state index >= 15 is 0 Å². The summed E-state index contributed by atoms with van der Waals surface area (Å²) in [4.78, 5) is 38.2. The zero-order valence-electron chi connectivity index (χ0n) is 13.9. The van der Waals surface area contributed by atoms with E-state index in [9.17, 15) is 14.9 Å². The summed E-state index contributed by atoms with van der Waals surface area (Å²) in [5.74, 6) is -0.00457. The average Bonchev–Trinajstić information content (AvgIpc) is 2.98. The molecule has 3 heterocycles. The van der Waals surface area contributed by atoms with Gasteiger partial charge in [0.1, 0.15) is 11.2 Å². The van der Waals surface area contributed by atoms with E-state index in [0.29, 0.717) is 16.9 Å². The second kappa shape index (κ2) is 6.48. The monoisotopic (exact) mass is 351 g/mol. The Morgan fingerprint density at radius 2 is 2.15 bits per heavy atom. The van der Waals surface area contributed by atoms with Gasteiger partial charge in [0.15, 0.2) is 5.65 Å². The Kier molecular flexibility index (Phi) is 4.01. The molecule has 3 aromatic rings. The number of nitrogens with one attached hydrogen (secondary N) is 3. The fourth-order valence-corrected chi connectivity index (χ4v) is 3.50. The molecule has 1 fully saturated rings. The normalized spacial score (nSPS) is 20.0. The number of H-pyrrole nitrogens is 2. The number of pyridine rings is 1. The van der Waals surface area contributed by atoms with Gasteiger partial charge in [-0.2, -0.15) is 10.2 Å². The predicted octanol–water partition coefficient (Wildman–Crippen LogP) is 1.81. The van der Waals surface area contributed by atoms with Gasteiger partial charge < -0.3 is 15.3 Å². The van der Waals surface area contributed by atoms with Crippen LogP contribution in [0.3, 0.4) is 0 Å². The van der Waals surface area contributed by atoms with Gasteiger partial charge in [0, 0.05) is 6.20 Å². The van der Waals surface area contributed by atoms with Crippen LogP contribution >= 0.6 is 0 Å². The van der Waals surface area contributed by atoms with Crippen LogP contribution in [0.15, 0.2) is 34.1 Å². The maximum atomic E-state index is 12.5. The zero-order chi connectivity index (χ0) is 18.1. The highest BCUT2D eigenvalue weighted by molar-refractivity contribution is 5.72. The predicted molar refractivity (Wildman–Crippen MR) is 95.1 cm³/mol. The number of nitrogens with zero attached hydrogens (tertiary/aromatic N) is 4. The van der Waals surface area contributed by atoms with E-state index in [1.54, 1.807) is 16.7 Å². The molecule has 0 bridgehead atoms. The number of rotatable bonds is 3. The number of fused-ring (bicyclic) bond motifs is 1. The smallest absolute Gasteiger partial charge is 0.327 e. The van der Waals surface area contributed by atoms with Gasteiger partial charge in [-0.15, -0.1) is 0 Å². The minimum atomic E-state index is -0.295. The van der Waals surface area contributed by atoms with E-state index in [2.05, 4.69) is 31.3 Å². The number of aromatic amines is 2. The molecule has 132 valence electrons. The molecule has 1 aliphatic rings. The summed E-state index contributed by atoms with van der Waals surface area (Å²) in [6.07, 6.45) is 6.53. The van der Waals surface area contributed by atoms with Crippen molar-refractivity contribution in [1.29, 1.82) is 5.26 Å². The average molecular weight is 351 g/mol. The number of aromatic nitrogens is 5. The van der Waals surface area contributed by atoms with Crippen LogP contribution in [0.25, 0.3) is 11.2 Å². The summed E-state index contributed by atoms with van der Waals surface area (Å²) in [6.45, 7) is 0. The Morgan fingerprint density at radius 1 is 1.31 bits per heavy atom. The summed E-state index contributed by atoms with van der Waals surface area (Å²) < 4.78 is 1.56. The van der Waals surface area contributed by atoms with Gasteiger partial charge >= 0.3 is 5.69 Å². The van der Waals surface area contributed by atoms with Crippen molar-refractivity contribution < 1.29 is 0 Å². The first kappa shape index (κ1) is 16.1. The Balaban J connectivity index is 1.78. The number of anilines is 2. The van der Waals surface area contributed by atoms with Crippen LogP contribution in [0.2, 0.25) is 0 Å². The second-order valence-corrected chi connectivity index (χ2v) is 6.36. The third kappa shape index (κ3) is 2.75. The summed E-state index contributed by atoms with van der Waals surface area (Å²) in [5, 5.41) is 12.3. The molecule has 0 spiro atoms. The fraction of sp³-hybridized carbons (Fsp3) is 0.353. The molecule has 9 heteroatoms. The molecule has 0 unspecified atom stereocenters. The highest BCUT2D eigenvalue weighted by atomic mass is 16.1. The third-order valence-electron chi connectivity index (χ3n) is 4.75. The molecule has 3 aromatic heterocycles. The minimum Gasteiger partial charge on any atom is -0.327 e. The van der Waals surface area contributed by atoms with Crippen LogP contribution in [-0.2, 0) is 0 Å².